The lowest BCUT2D eigenvalue weighted by molar-refractivity contribution is 0.0953. The van der Waals surface area contributed by atoms with Gasteiger partial charge in [-0.1, -0.05) is 20.8 Å². The average Bonchev–Trinajstić information content (AvgIpc) is 2.74. The fourth-order valence-electron chi connectivity index (χ4n) is 1.71. The van der Waals surface area contributed by atoms with Crippen molar-refractivity contribution in [2.75, 3.05) is 7.05 Å². The summed E-state index contributed by atoms with van der Waals surface area (Å²) in [7, 11) is 2.04. The number of hydrazine groups is 1. The number of furan rings is 1. The Labute approximate surface area is 108 Å². The minimum Gasteiger partial charge on any atom is -0.467 e. The normalized spacial score (nSPS) is 13.7. The lowest BCUT2D eigenvalue weighted by Gasteiger charge is -2.34. The van der Waals surface area contributed by atoms with Gasteiger partial charge in [0.25, 0.3) is 5.91 Å². The molecule has 1 unspecified atom stereocenters. The maximum Gasteiger partial charge on any atom is 0.268 e. The number of amides is 1. The Hall–Kier alpha value is -1.33. The van der Waals surface area contributed by atoms with Gasteiger partial charge in [0.15, 0.2) is 0 Å². The van der Waals surface area contributed by atoms with Crippen molar-refractivity contribution in [3.63, 3.8) is 0 Å². The maximum atomic E-state index is 11.3. The number of hydrogen-bond donors (Lipinski definition) is 2. The Morgan fingerprint density at radius 1 is 1.56 bits per heavy atom. The fraction of sp³-hybridized carbons (Fsp3) is 0.615. The molecule has 0 saturated heterocycles. The molecule has 102 valence electrons. The third-order valence-corrected chi connectivity index (χ3v) is 3.37. The quantitative estimate of drug-likeness (QED) is 0.487. The Morgan fingerprint density at radius 3 is 2.67 bits per heavy atom. The van der Waals surface area contributed by atoms with Gasteiger partial charge >= 0.3 is 0 Å². The highest BCUT2D eigenvalue weighted by Gasteiger charge is 2.24. The van der Waals surface area contributed by atoms with E-state index in [9.17, 15) is 4.79 Å². The zero-order valence-electron chi connectivity index (χ0n) is 11.8. The lowest BCUT2D eigenvalue weighted by atomic mass is 9.87. The van der Waals surface area contributed by atoms with Crippen LogP contribution in [0.25, 0.3) is 0 Å². The van der Waals surface area contributed by atoms with E-state index in [0.29, 0.717) is 18.2 Å². The van der Waals surface area contributed by atoms with Crippen LogP contribution in [0.4, 0.5) is 0 Å². The molecule has 0 spiro atoms. The van der Waals surface area contributed by atoms with Crippen molar-refractivity contribution < 1.29 is 9.21 Å². The molecule has 3 N–H and O–H groups in total. The van der Waals surface area contributed by atoms with Gasteiger partial charge in [0.1, 0.15) is 12.0 Å². The number of nitrogen functional groups attached to an aromatic ring is 1. The van der Waals surface area contributed by atoms with E-state index < -0.39 is 0 Å². The summed E-state index contributed by atoms with van der Waals surface area (Å²) < 4.78 is 5.36. The third-order valence-electron chi connectivity index (χ3n) is 3.37. The molecule has 0 bridgehead atoms. The highest BCUT2D eigenvalue weighted by Crippen LogP contribution is 2.24. The van der Waals surface area contributed by atoms with Gasteiger partial charge in [-0.25, -0.2) is 5.84 Å². The van der Waals surface area contributed by atoms with Gasteiger partial charge in [-0.15, -0.1) is 0 Å². The zero-order valence-corrected chi connectivity index (χ0v) is 11.8. The van der Waals surface area contributed by atoms with E-state index in [0.717, 1.165) is 5.76 Å². The molecular weight excluding hydrogens is 230 g/mol. The van der Waals surface area contributed by atoms with Crippen molar-refractivity contribution in [2.24, 2.45) is 11.3 Å². The van der Waals surface area contributed by atoms with Crippen molar-refractivity contribution in [2.45, 2.75) is 40.3 Å². The number of hydrogen-bond acceptors (Lipinski definition) is 4. The minimum absolute atomic E-state index is 0.193. The van der Waals surface area contributed by atoms with Crippen LogP contribution in [-0.4, -0.2) is 23.9 Å². The summed E-state index contributed by atoms with van der Waals surface area (Å²) in [5.74, 6) is 5.49. The van der Waals surface area contributed by atoms with Crippen LogP contribution in [0, 0.1) is 5.41 Å². The molecule has 1 aromatic heterocycles. The number of rotatable bonds is 4. The van der Waals surface area contributed by atoms with E-state index >= 15 is 0 Å². The zero-order chi connectivity index (χ0) is 13.9. The third kappa shape index (κ3) is 3.58. The highest BCUT2D eigenvalue weighted by molar-refractivity contribution is 5.93. The van der Waals surface area contributed by atoms with Crippen LogP contribution >= 0.6 is 0 Å². The van der Waals surface area contributed by atoms with Gasteiger partial charge in [-0.2, -0.15) is 0 Å². The van der Waals surface area contributed by atoms with Crippen LogP contribution < -0.4 is 11.3 Å². The Morgan fingerprint density at radius 2 is 2.17 bits per heavy atom. The summed E-state index contributed by atoms with van der Waals surface area (Å²) in [4.78, 5) is 13.5. The summed E-state index contributed by atoms with van der Waals surface area (Å²) >= 11 is 0. The topological polar surface area (TPSA) is 71.5 Å². The molecule has 0 saturated carbocycles. The molecule has 5 heteroatoms. The van der Waals surface area contributed by atoms with Gasteiger partial charge < -0.3 is 4.42 Å². The molecule has 0 aliphatic heterocycles. The summed E-state index contributed by atoms with van der Waals surface area (Å²) in [6.45, 7) is 9.43. The van der Waals surface area contributed by atoms with E-state index in [1.165, 1.54) is 6.26 Å². The van der Waals surface area contributed by atoms with Crippen LogP contribution in [0.5, 0.6) is 0 Å². The van der Waals surface area contributed by atoms with Crippen molar-refractivity contribution in [3.8, 4) is 0 Å². The molecular formula is C13H23N3O2. The molecule has 1 heterocycles. The van der Waals surface area contributed by atoms with Gasteiger partial charge in [-0.3, -0.25) is 15.1 Å². The number of nitrogens with two attached hydrogens (primary N) is 1. The summed E-state index contributed by atoms with van der Waals surface area (Å²) in [6, 6.07) is 2.11. The Bertz CT molecular complexity index is 407. The van der Waals surface area contributed by atoms with E-state index in [2.05, 4.69) is 38.0 Å². The van der Waals surface area contributed by atoms with Crippen LogP contribution in [0.2, 0.25) is 0 Å². The van der Waals surface area contributed by atoms with E-state index in [1.807, 2.05) is 7.05 Å². The first-order valence-corrected chi connectivity index (χ1v) is 6.04. The van der Waals surface area contributed by atoms with Crippen LogP contribution in [0.3, 0.4) is 0 Å². The van der Waals surface area contributed by atoms with Crippen molar-refractivity contribution >= 4 is 5.91 Å². The second-order valence-corrected chi connectivity index (χ2v) is 5.73. The monoisotopic (exact) mass is 253 g/mol. The molecule has 0 fully saturated rings. The molecule has 0 aliphatic rings. The lowest BCUT2D eigenvalue weighted by Crippen LogP contribution is -2.38. The van der Waals surface area contributed by atoms with Crippen LogP contribution in [0.15, 0.2) is 16.7 Å². The summed E-state index contributed by atoms with van der Waals surface area (Å²) in [5, 5.41) is 0. The molecule has 0 aliphatic carbocycles. The fourth-order valence-corrected chi connectivity index (χ4v) is 1.71. The maximum absolute atomic E-state index is 11.3. The number of nitrogens with zero attached hydrogens (tertiary/aromatic N) is 1. The second-order valence-electron chi connectivity index (χ2n) is 5.73. The molecule has 5 nitrogen and oxygen atoms in total. The van der Waals surface area contributed by atoms with Gasteiger partial charge in [0.2, 0.25) is 0 Å². The van der Waals surface area contributed by atoms with Gasteiger partial charge in [-0.05, 0) is 25.5 Å². The molecule has 0 aromatic carbocycles. The van der Waals surface area contributed by atoms with Crippen molar-refractivity contribution in [1.29, 1.82) is 0 Å². The smallest absolute Gasteiger partial charge is 0.268 e. The number of nitrogens with one attached hydrogen (secondary N) is 1. The number of carbonyl (C=O) groups excluding carboxylic acids is 1. The largest absolute Gasteiger partial charge is 0.467 e. The molecule has 1 aromatic rings. The molecule has 1 rings (SSSR count). The molecule has 1 amide bonds. The predicted molar refractivity (Wildman–Crippen MR) is 70.7 cm³/mol. The van der Waals surface area contributed by atoms with Crippen molar-refractivity contribution in [1.82, 2.24) is 10.3 Å². The first kappa shape index (κ1) is 14.7. The predicted octanol–water partition coefficient (Wildman–Crippen LogP) is 1.75. The first-order valence-electron chi connectivity index (χ1n) is 6.04. The average molecular weight is 253 g/mol. The molecule has 0 radical (unpaired) electrons. The first-order chi connectivity index (χ1) is 8.25. The van der Waals surface area contributed by atoms with Gasteiger partial charge in [0, 0.05) is 6.04 Å². The highest BCUT2D eigenvalue weighted by atomic mass is 16.3. The molecule has 18 heavy (non-hydrogen) atoms. The second kappa shape index (κ2) is 5.54. The Balaban J connectivity index is 2.68. The van der Waals surface area contributed by atoms with Crippen molar-refractivity contribution in [3.05, 3.63) is 23.7 Å². The van der Waals surface area contributed by atoms with Crippen LogP contribution in [0.1, 0.15) is 43.8 Å². The minimum atomic E-state index is -0.337. The van der Waals surface area contributed by atoms with Crippen LogP contribution in [-0.2, 0) is 6.54 Å². The van der Waals surface area contributed by atoms with E-state index in [-0.39, 0.29) is 11.3 Å². The summed E-state index contributed by atoms with van der Waals surface area (Å²) in [5.41, 5.74) is 2.72. The van der Waals surface area contributed by atoms with E-state index in [1.54, 1.807) is 6.07 Å². The number of carbonyl (C=O) groups is 1. The Kier molecular flexibility index (Phi) is 4.53. The van der Waals surface area contributed by atoms with Gasteiger partial charge in [0.05, 0.1) is 12.1 Å². The molecule has 1 atom stereocenters. The summed E-state index contributed by atoms with van der Waals surface area (Å²) in [6.07, 6.45) is 1.42. The standard InChI is InChI=1S/C13H23N3O2/c1-9(13(2,3)4)16(5)7-11-6-10(8-18-11)12(17)15-14/h6,8-9H,7,14H2,1-5H3,(H,15,17). The SMILES string of the molecule is CC(N(C)Cc1cc(C(=O)NN)co1)C(C)(C)C. The van der Waals surface area contributed by atoms with E-state index in [4.69, 9.17) is 10.3 Å².